The van der Waals surface area contributed by atoms with Crippen LogP contribution in [0.1, 0.15) is 15.9 Å². The summed E-state index contributed by atoms with van der Waals surface area (Å²) >= 11 is 0. The minimum atomic E-state index is -0.379. The Hall–Kier alpha value is -4.53. The maximum Gasteiger partial charge on any atom is 0.337 e. The Balaban J connectivity index is 1.40. The number of ether oxygens (including phenoxy) is 1. The number of carbonyl (C=O) groups is 1. The minimum Gasteiger partial charge on any atom is -0.465 e. The molecule has 0 unspecified atom stereocenters. The summed E-state index contributed by atoms with van der Waals surface area (Å²) in [5.41, 5.74) is 4.90. The van der Waals surface area contributed by atoms with E-state index in [0.29, 0.717) is 23.7 Å². The lowest BCUT2D eigenvalue weighted by atomic mass is 10.1. The number of rotatable bonds is 6. The number of anilines is 2. The SMILES string of the molecule is COC(=O)c1ccc(Nc2nc3c(-c4cnn(Cc5cccnc5)c4)cccn3n2)cc1. The predicted octanol–water partition coefficient (Wildman–Crippen LogP) is 3.57. The van der Waals surface area contributed by atoms with Crippen LogP contribution in [0.3, 0.4) is 0 Å². The molecule has 0 aliphatic heterocycles. The van der Waals surface area contributed by atoms with E-state index in [0.717, 1.165) is 22.4 Å². The maximum atomic E-state index is 11.6. The highest BCUT2D eigenvalue weighted by molar-refractivity contribution is 5.89. The van der Waals surface area contributed by atoms with Crippen molar-refractivity contribution in [2.45, 2.75) is 6.54 Å². The van der Waals surface area contributed by atoms with Crippen molar-refractivity contribution in [2.24, 2.45) is 0 Å². The number of pyridine rings is 2. The Kier molecular flexibility index (Phi) is 5.04. The third-order valence-corrected chi connectivity index (χ3v) is 4.94. The summed E-state index contributed by atoms with van der Waals surface area (Å²) in [6.07, 6.45) is 9.23. The number of esters is 1. The zero-order valence-corrected chi connectivity index (χ0v) is 17.2. The molecule has 9 nitrogen and oxygen atoms in total. The summed E-state index contributed by atoms with van der Waals surface area (Å²) in [4.78, 5) is 20.4. The van der Waals surface area contributed by atoms with E-state index in [1.165, 1.54) is 7.11 Å². The fourth-order valence-electron chi connectivity index (χ4n) is 3.39. The van der Waals surface area contributed by atoms with Gasteiger partial charge in [0.15, 0.2) is 5.65 Å². The molecule has 0 fully saturated rings. The van der Waals surface area contributed by atoms with Crippen LogP contribution in [0.25, 0.3) is 16.8 Å². The van der Waals surface area contributed by atoms with Gasteiger partial charge in [-0.1, -0.05) is 6.07 Å². The molecule has 158 valence electrons. The highest BCUT2D eigenvalue weighted by Crippen LogP contribution is 2.25. The van der Waals surface area contributed by atoms with Crippen LogP contribution in [0.5, 0.6) is 0 Å². The number of methoxy groups -OCH3 is 1. The highest BCUT2D eigenvalue weighted by atomic mass is 16.5. The average Bonchev–Trinajstić information content (AvgIpc) is 3.46. The number of nitrogens with one attached hydrogen (secondary N) is 1. The Morgan fingerprint density at radius 1 is 1.09 bits per heavy atom. The lowest BCUT2D eigenvalue weighted by molar-refractivity contribution is 0.0601. The summed E-state index contributed by atoms with van der Waals surface area (Å²) in [7, 11) is 1.36. The third-order valence-electron chi connectivity index (χ3n) is 4.94. The van der Waals surface area contributed by atoms with Crippen LogP contribution in [0, 0.1) is 0 Å². The standard InChI is InChI=1S/C23H19N7O2/c1-32-22(31)17-6-8-19(9-7-17)26-23-27-21-20(5-3-11-30(21)28-23)18-13-25-29(15-18)14-16-4-2-10-24-12-16/h2-13,15H,14H2,1H3,(H,26,28). The topological polar surface area (TPSA) is 99.2 Å². The van der Waals surface area contributed by atoms with Crippen molar-refractivity contribution in [1.82, 2.24) is 29.4 Å². The third kappa shape index (κ3) is 3.91. The molecule has 5 rings (SSSR count). The first-order valence-electron chi connectivity index (χ1n) is 9.92. The summed E-state index contributed by atoms with van der Waals surface area (Å²) in [5.74, 6) is 0.0714. The first kappa shape index (κ1) is 19.4. The monoisotopic (exact) mass is 425 g/mol. The molecule has 0 saturated carbocycles. The van der Waals surface area contributed by atoms with Gasteiger partial charge in [0.1, 0.15) is 0 Å². The molecule has 9 heteroatoms. The van der Waals surface area contributed by atoms with E-state index in [1.54, 1.807) is 35.0 Å². The molecule has 4 aromatic heterocycles. The molecule has 0 aliphatic carbocycles. The van der Waals surface area contributed by atoms with Crippen LogP contribution in [0.2, 0.25) is 0 Å². The second-order valence-corrected chi connectivity index (χ2v) is 7.11. The van der Waals surface area contributed by atoms with Crippen molar-refractivity contribution in [1.29, 1.82) is 0 Å². The first-order valence-corrected chi connectivity index (χ1v) is 9.92. The van der Waals surface area contributed by atoms with Gasteiger partial charge in [0.05, 0.1) is 25.4 Å². The quantitative estimate of drug-likeness (QED) is 0.415. The van der Waals surface area contributed by atoms with Crippen molar-refractivity contribution in [2.75, 3.05) is 12.4 Å². The number of carbonyl (C=O) groups excluding carboxylic acids is 1. The molecule has 0 radical (unpaired) electrons. The molecule has 0 spiro atoms. The molecule has 1 N–H and O–H groups in total. The Labute approximate surface area is 183 Å². The average molecular weight is 425 g/mol. The highest BCUT2D eigenvalue weighted by Gasteiger charge is 2.12. The number of fused-ring (bicyclic) bond motifs is 1. The number of benzene rings is 1. The van der Waals surface area contributed by atoms with Crippen molar-refractivity contribution in [3.63, 3.8) is 0 Å². The van der Waals surface area contributed by atoms with Crippen molar-refractivity contribution in [3.05, 3.63) is 90.6 Å². The van der Waals surface area contributed by atoms with E-state index in [2.05, 4.69) is 25.5 Å². The summed E-state index contributed by atoms with van der Waals surface area (Å²) in [6, 6.07) is 14.8. The lowest BCUT2D eigenvalue weighted by Gasteiger charge is -2.03. The lowest BCUT2D eigenvalue weighted by Crippen LogP contribution is -2.01. The summed E-state index contributed by atoms with van der Waals surface area (Å²) < 4.78 is 8.32. The molecule has 0 aliphatic rings. The molecule has 0 bridgehead atoms. The molecule has 5 aromatic rings. The smallest absolute Gasteiger partial charge is 0.337 e. The van der Waals surface area contributed by atoms with Gasteiger partial charge in [-0.15, -0.1) is 5.10 Å². The van der Waals surface area contributed by atoms with Crippen molar-refractivity contribution >= 4 is 23.3 Å². The van der Waals surface area contributed by atoms with E-state index in [9.17, 15) is 4.79 Å². The maximum absolute atomic E-state index is 11.6. The molecular formula is C23H19N7O2. The van der Waals surface area contributed by atoms with Gasteiger partial charge in [-0.3, -0.25) is 9.67 Å². The van der Waals surface area contributed by atoms with E-state index < -0.39 is 0 Å². The van der Waals surface area contributed by atoms with Crippen LogP contribution in [-0.2, 0) is 11.3 Å². The number of hydrogen-bond acceptors (Lipinski definition) is 7. The van der Waals surface area contributed by atoms with Crippen molar-refractivity contribution in [3.8, 4) is 11.1 Å². The zero-order chi connectivity index (χ0) is 21.9. The van der Waals surface area contributed by atoms with Gasteiger partial charge in [-0.2, -0.15) is 10.1 Å². The number of aromatic nitrogens is 6. The summed E-state index contributed by atoms with van der Waals surface area (Å²) in [5, 5.41) is 12.2. The van der Waals surface area contributed by atoms with Gasteiger partial charge in [-0.25, -0.2) is 9.31 Å². The molecule has 0 saturated heterocycles. The number of nitrogens with zero attached hydrogens (tertiary/aromatic N) is 6. The van der Waals surface area contributed by atoms with Crippen LogP contribution in [-0.4, -0.2) is 42.4 Å². The second-order valence-electron chi connectivity index (χ2n) is 7.11. The Bertz CT molecular complexity index is 1370. The molecule has 1 aromatic carbocycles. The van der Waals surface area contributed by atoms with E-state index >= 15 is 0 Å². The molecule has 4 heterocycles. The minimum absolute atomic E-state index is 0.379. The van der Waals surface area contributed by atoms with Gasteiger partial charge in [0, 0.05) is 41.6 Å². The molecular weight excluding hydrogens is 406 g/mol. The van der Waals surface area contributed by atoms with Crippen molar-refractivity contribution < 1.29 is 9.53 Å². The fourth-order valence-corrected chi connectivity index (χ4v) is 3.39. The zero-order valence-electron chi connectivity index (χ0n) is 17.2. The molecule has 0 amide bonds. The van der Waals surface area contributed by atoms with Gasteiger partial charge >= 0.3 is 5.97 Å². The van der Waals surface area contributed by atoms with Gasteiger partial charge in [0.2, 0.25) is 5.95 Å². The predicted molar refractivity (Wildman–Crippen MR) is 119 cm³/mol. The van der Waals surface area contributed by atoms with E-state index in [4.69, 9.17) is 4.74 Å². The van der Waals surface area contributed by atoms with Crippen LogP contribution >= 0.6 is 0 Å². The number of hydrogen-bond donors (Lipinski definition) is 1. The largest absolute Gasteiger partial charge is 0.465 e. The van der Waals surface area contributed by atoms with Crippen LogP contribution in [0.4, 0.5) is 11.6 Å². The van der Waals surface area contributed by atoms with Gasteiger partial charge in [0.25, 0.3) is 0 Å². The van der Waals surface area contributed by atoms with Gasteiger partial charge < -0.3 is 10.1 Å². The van der Waals surface area contributed by atoms with E-state index in [1.807, 2.05) is 53.7 Å². The van der Waals surface area contributed by atoms with Crippen LogP contribution < -0.4 is 5.32 Å². The Morgan fingerprint density at radius 3 is 2.75 bits per heavy atom. The van der Waals surface area contributed by atoms with Crippen LogP contribution in [0.15, 0.2) is 79.5 Å². The summed E-state index contributed by atoms with van der Waals surface area (Å²) in [6.45, 7) is 0.637. The second kappa shape index (κ2) is 8.31. The Morgan fingerprint density at radius 2 is 1.97 bits per heavy atom. The fraction of sp³-hybridized carbons (Fsp3) is 0.0870. The molecule has 32 heavy (non-hydrogen) atoms. The van der Waals surface area contributed by atoms with E-state index in [-0.39, 0.29) is 5.97 Å². The first-order chi connectivity index (χ1) is 15.7. The van der Waals surface area contributed by atoms with Gasteiger partial charge in [-0.05, 0) is 48.0 Å². The normalized spacial score (nSPS) is 10.9. The molecule has 0 atom stereocenters.